The van der Waals surface area contributed by atoms with Crippen molar-refractivity contribution in [2.45, 2.75) is 89.6 Å². The fourth-order valence-electron chi connectivity index (χ4n) is 9.20. The van der Waals surface area contributed by atoms with Gasteiger partial charge in [0.25, 0.3) is 0 Å². The number of H-pyrrole nitrogens is 2. The molecule has 8 atom stereocenters. The Kier molecular flexibility index (Phi) is 9.88. The van der Waals surface area contributed by atoms with E-state index in [1.807, 2.05) is 68.0 Å². The normalized spacial score (nSPS) is 23.9. The molecule has 4 N–H and O–H groups in total. The second kappa shape index (κ2) is 15.1. The van der Waals surface area contributed by atoms with E-state index in [4.69, 9.17) is 28.2 Å². The van der Waals surface area contributed by atoms with Gasteiger partial charge < -0.3 is 39.9 Å². The molecule has 0 radical (unpaired) electrons. The molecule has 0 bridgehead atoms. The molecule has 0 spiro atoms. The van der Waals surface area contributed by atoms with Crippen molar-refractivity contribution in [3.8, 4) is 33.6 Å². The number of hydrogen-bond donors (Lipinski definition) is 4. The Balaban J connectivity index is 0.922. The predicted octanol–water partition coefficient (Wildman–Crippen LogP) is 6.22. The van der Waals surface area contributed by atoms with Crippen LogP contribution in [0.25, 0.3) is 44.7 Å². The van der Waals surface area contributed by atoms with Crippen molar-refractivity contribution in [2.24, 2.45) is 23.7 Å². The highest BCUT2D eigenvalue weighted by molar-refractivity contribution is 7.00. The molecule has 4 amide bonds. The maximum atomic E-state index is 13.9. The Morgan fingerprint density at radius 2 is 1.12 bits per heavy atom. The maximum Gasteiger partial charge on any atom is 0.407 e. The Morgan fingerprint density at radius 3 is 1.63 bits per heavy atom. The van der Waals surface area contributed by atoms with Gasteiger partial charge in [0.1, 0.15) is 34.8 Å². The number of nitrogens with zero attached hydrogens (tertiary/aromatic N) is 6. The van der Waals surface area contributed by atoms with Gasteiger partial charge in [-0.2, -0.15) is 8.75 Å². The summed E-state index contributed by atoms with van der Waals surface area (Å²) in [6.07, 6.45) is 5.91. The van der Waals surface area contributed by atoms with Crippen molar-refractivity contribution in [2.75, 3.05) is 14.2 Å². The van der Waals surface area contributed by atoms with Crippen LogP contribution in [0.4, 0.5) is 9.59 Å². The Morgan fingerprint density at radius 1 is 0.661 bits per heavy atom. The summed E-state index contributed by atoms with van der Waals surface area (Å²) in [5.74, 6) is 1.82. The zero-order valence-electron chi connectivity index (χ0n) is 33.8. The lowest BCUT2D eigenvalue weighted by atomic mass is 9.99. The quantitative estimate of drug-likeness (QED) is 0.119. The van der Waals surface area contributed by atoms with Gasteiger partial charge in [-0.25, -0.2) is 19.6 Å². The molecule has 5 aromatic rings. The van der Waals surface area contributed by atoms with Crippen molar-refractivity contribution in [1.82, 2.24) is 49.1 Å². The van der Waals surface area contributed by atoms with E-state index in [0.717, 1.165) is 87.9 Å². The fraction of sp³-hybridized carbons (Fsp3) is 0.476. The van der Waals surface area contributed by atoms with E-state index in [9.17, 15) is 19.2 Å². The number of carbonyl (C=O) groups is 4. The average molecular weight is 821 g/mol. The molecule has 4 fully saturated rings. The number of nitrogens with one attached hydrogen (secondary N) is 4. The minimum absolute atomic E-state index is 0.110. The number of amides is 4. The third-order valence-corrected chi connectivity index (χ3v) is 13.1. The van der Waals surface area contributed by atoms with E-state index >= 15 is 0 Å². The number of aromatic nitrogens is 6. The molecule has 4 aliphatic rings. The number of likely N-dealkylation sites (tertiary alicyclic amines) is 2. The molecule has 2 aliphatic heterocycles. The SMILES string of the molecule is COC(=O)N[C@H](C(=O)N1[C@@H]2C[C@@H]2C[C@H]1c1ncc(-c2ccc(-c3ccc(-c4cnc([C@@H]5C[C@H]6C[C@H]6N5C(=O)[C@@H](NC(=O)OC)C(C)C)[nH]4)c4nsnc34)cc2)[nH]1)C(C)C. The fourth-order valence-corrected chi connectivity index (χ4v) is 9.77. The molecule has 2 saturated carbocycles. The molecule has 2 saturated heterocycles. The topological polar surface area (TPSA) is 200 Å². The second-order valence-electron chi connectivity index (χ2n) is 16.9. The number of methoxy groups -OCH3 is 2. The largest absolute Gasteiger partial charge is 0.453 e. The molecule has 17 heteroatoms. The van der Waals surface area contributed by atoms with Crippen LogP contribution in [0.2, 0.25) is 0 Å². The van der Waals surface area contributed by atoms with Crippen LogP contribution in [-0.2, 0) is 19.1 Å². The minimum atomic E-state index is -0.703. The summed E-state index contributed by atoms with van der Waals surface area (Å²) in [6.45, 7) is 7.65. The number of fused-ring (bicyclic) bond motifs is 3. The Hall–Kier alpha value is -5.84. The maximum absolute atomic E-state index is 13.9. The summed E-state index contributed by atoms with van der Waals surface area (Å²) in [6, 6.07) is 10.7. The molecule has 5 heterocycles. The van der Waals surface area contributed by atoms with E-state index in [2.05, 4.69) is 32.7 Å². The lowest BCUT2D eigenvalue weighted by Gasteiger charge is -2.31. The third-order valence-electron chi connectivity index (χ3n) is 12.5. The van der Waals surface area contributed by atoms with Crippen LogP contribution in [0.3, 0.4) is 0 Å². The van der Waals surface area contributed by atoms with E-state index in [1.165, 1.54) is 14.2 Å². The number of ether oxygens (including phenoxy) is 2. The van der Waals surface area contributed by atoms with Gasteiger partial charge >= 0.3 is 12.2 Å². The number of alkyl carbamates (subject to hydrolysis) is 2. The molecule has 16 nitrogen and oxygen atoms in total. The van der Waals surface area contributed by atoms with E-state index in [1.54, 1.807) is 6.20 Å². The highest BCUT2D eigenvalue weighted by Gasteiger charge is 2.57. The molecular formula is C42H48N10O6S. The summed E-state index contributed by atoms with van der Waals surface area (Å²) < 4.78 is 19.0. The van der Waals surface area contributed by atoms with Gasteiger partial charge in [0.05, 0.1) is 61.8 Å². The van der Waals surface area contributed by atoms with Gasteiger partial charge in [0.2, 0.25) is 11.8 Å². The van der Waals surface area contributed by atoms with Crippen molar-refractivity contribution in [1.29, 1.82) is 0 Å². The highest BCUT2D eigenvalue weighted by Crippen LogP contribution is 2.54. The number of carbonyl (C=O) groups excluding carboxylic acids is 4. The van der Waals surface area contributed by atoms with Gasteiger partial charge in [0, 0.05) is 23.2 Å². The number of benzene rings is 2. The van der Waals surface area contributed by atoms with Crippen molar-refractivity contribution >= 4 is 46.8 Å². The Labute approximate surface area is 345 Å². The lowest BCUT2D eigenvalue weighted by Crippen LogP contribution is -2.52. The molecule has 0 unspecified atom stereocenters. The van der Waals surface area contributed by atoms with Gasteiger partial charge in [-0.3, -0.25) is 9.59 Å². The number of imidazole rings is 2. The average Bonchev–Trinajstić information content (AvgIpc) is 3.71. The van der Waals surface area contributed by atoms with Crippen LogP contribution in [-0.4, -0.2) is 101 Å². The molecule has 2 aromatic carbocycles. The summed E-state index contributed by atoms with van der Waals surface area (Å²) in [7, 11) is 2.59. The van der Waals surface area contributed by atoms with E-state index in [0.29, 0.717) is 17.7 Å². The van der Waals surface area contributed by atoms with E-state index in [-0.39, 0.29) is 47.8 Å². The van der Waals surface area contributed by atoms with Crippen molar-refractivity contribution < 1.29 is 28.7 Å². The van der Waals surface area contributed by atoms with Crippen LogP contribution in [0.1, 0.15) is 77.1 Å². The number of hydrogen-bond acceptors (Lipinski definition) is 11. The third kappa shape index (κ3) is 6.98. The monoisotopic (exact) mass is 820 g/mol. The summed E-state index contributed by atoms with van der Waals surface area (Å²) in [5, 5.41) is 5.47. The molecular weight excluding hydrogens is 773 g/mol. The van der Waals surface area contributed by atoms with Crippen LogP contribution in [0.5, 0.6) is 0 Å². The lowest BCUT2D eigenvalue weighted by molar-refractivity contribution is -0.137. The summed E-state index contributed by atoms with van der Waals surface area (Å²) >= 11 is 1.15. The first-order valence-corrected chi connectivity index (χ1v) is 21.0. The van der Waals surface area contributed by atoms with Gasteiger partial charge in [-0.15, -0.1) is 0 Å². The number of piperidine rings is 2. The van der Waals surface area contributed by atoms with Gasteiger partial charge in [0.15, 0.2) is 0 Å². The first kappa shape index (κ1) is 38.7. The van der Waals surface area contributed by atoms with Crippen LogP contribution >= 0.6 is 11.7 Å². The van der Waals surface area contributed by atoms with Crippen molar-refractivity contribution in [3.63, 3.8) is 0 Å². The summed E-state index contributed by atoms with van der Waals surface area (Å²) in [4.78, 5) is 72.2. The molecule has 9 rings (SSSR count). The van der Waals surface area contributed by atoms with Crippen LogP contribution < -0.4 is 10.6 Å². The summed E-state index contributed by atoms with van der Waals surface area (Å²) in [5.41, 5.74) is 6.90. The highest BCUT2D eigenvalue weighted by atomic mass is 32.1. The van der Waals surface area contributed by atoms with E-state index < -0.39 is 24.3 Å². The zero-order chi connectivity index (χ0) is 41.3. The van der Waals surface area contributed by atoms with Crippen LogP contribution in [0, 0.1) is 23.7 Å². The molecule has 59 heavy (non-hydrogen) atoms. The predicted molar refractivity (Wildman–Crippen MR) is 219 cm³/mol. The minimum Gasteiger partial charge on any atom is -0.453 e. The molecule has 3 aromatic heterocycles. The van der Waals surface area contributed by atoms with Gasteiger partial charge in [-0.1, -0.05) is 58.0 Å². The standard InChI is InChI=1S/C42H48N10O6S/c1-19(2)33(47-41(55)57-5)39(53)51-29-13-23(29)15-31(51)37-43-17-27(45-37)22-9-7-21(8-10-22)25-11-12-26(36-35(25)49-59-50-36)28-18-44-38(46-28)32-16-24-14-30(24)52(32)40(54)34(20(3)4)48-42(56)58-6/h7-12,17-20,23-24,29-34H,13-16H2,1-6H3,(H,43,45)(H,44,46)(H,47,55)(H,48,56)/t23-,24-,29-,30-,31+,32+,33+,34+/m1/s1. The van der Waals surface area contributed by atoms with Gasteiger partial charge in [-0.05, 0) is 66.5 Å². The second-order valence-corrected chi connectivity index (χ2v) is 17.4. The number of rotatable bonds is 11. The zero-order valence-corrected chi connectivity index (χ0v) is 34.6. The number of aromatic amines is 2. The molecule has 2 aliphatic carbocycles. The van der Waals surface area contributed by atoms with Crippen molar-refractivity contribution in [3.05, 3.63) is 60.4 Å². The smallest absolute Gasteiger partial charge is 0.407 e. The Bertz CT molecular complexity index is 2420. The molecule has 308 valence electrons. The van der Waals surface area contributed by atoms with Crippen LogP contribution in [0.15, 0.2) is 48.8 Å². The first-order valence-electron chi connectivity index (χ1n) is 20.2. The first-order chi connectivity index (χ1) is 28.4.